The fraction of sp³-hybridized carbons (Fsp3) is 0.913. The fourth-order valence-electron chi connectivity index (χ4n) is 8.04. The molecule has 3 nitrogen and oxygen atoms in total. The van der Waals surface area contributed by atoms with E-state index in [1.54, 1.807) is 6.92 Å². The molecule has 9 atom stereocenters. The Kier molecular flexibility index (Phi) is 5.14. The van der Waals surface area contributed by atoms with Crippen LogP contribution in [-0.4, -0.2) is 33.8 Å². The quantitative estimate of drug-likeness (QED) is 0.395. The van der Waals surface area contributed by atoms with Crippen molar-refractivity contribution in [1.82, 2.24) is 0 Å². The lowest BCUT2D eigenvalue weighted by Gasteiger charge is -2.66. The van der Waals surface area contributed by atoms with Gasteiger partial charge in [0.25, 0.3) is 0 Å². The molecule has 4 fully saturated rings. The van der Waals surface area contributed by atoms with Crippen molar-refractivity contribution < 1.29 is 18.7 Å². The minimum Gasteiger partial charge on any atom is -0.462 e. The number of rotatable bonds is 2. The lowest BCUT2D eigenvalue weighted by atomic mass is 9.43. The Morgan fingerprint density at radius 3 is 2.28 bits per heavy atom. The summed E-state index contributed by atoms with van der Waals surface area (Å²) in [5.41, 5.74) is -2.28. The highest BCUT2D eigenvalue weighted by molar-refractivity contribution is 6.33. The minimum atomic E-state index is -1.37. The van der Waals surface area contributed by atoms with Gasteiger partial charge in [-0.3, -0.25) is 9.59 Å². The van der Waals surface area contributed by atoms with Crippen molar-refractivity contribution in [3.8, 4) is 0 Å². The van der Waals surface area contributed by atoms with Gasteiger partial charge in [-0.1, -0.05) is 13.8 Å². The number of esters is 1. The summed E-state index contributed by atoms with van der Waals surface area (Å²) in [6.45, 7) is 7.21. The molecule has 29 heavy (non-hydrogen) atoms. The van der Waals surface area contributed by atoms with E-state index in [0.29, 0.717) is 25.7 Å². The van der Waals surface area contributed by atoms with Crippen LogP contribution in [0.15, 0.2) is 0 Å². The predicted octanol–water partition coefficient (Wildman–Crippen LogP) is 5.84. The number of Topliss-reactive ketones (excluding diaryl/α,β-unsaturated/α-hetero) is 1. The summed E-state index contributed by atoms with van der Waals surface area (Å²) in [5, 5.41) is -0.389. The van der Waals surface area contributed by atoms with Crippen LogP contribution in [0.4, 0.5) is 4.39 Å². The van der Waals surface area contributed by atoms with Gasteiger partial charge in [0.15, 0.2) is 0 Å². The van der Waals surface area contributed by atoms with Crippen molar-refractivity contribution in [2.45, 2.75) is 101 Å². The number of ketones is 1. The Balaban J connectivity index is 1.68. The van der Waals surface area contributed by atoms with Gasteiger partial charge in [-0.25, -0.2) is 4.39 Å². The molecule has 0 radical (unpaired) electrons. The number of hydrogen-bond acceptors (Lipinski definition) is 3. The van der Waals surface area contributed by atoms with E-state index in [-0.39, 0.29) is 46.4 Å². The zero-order valence-corrected chi connectivity index (χ0v) is 19.4. The number of carbonyl (C=O) groups excluding carboxylic acids is 2. The number of carbonyl (C=O) groups is 2. The average molecular weight is 447 g/mol. The zero-order valence-electron chi connectivity index (χ0n) is 17.9. The Labute approximate surface area is 183 Å². The monoisotopic (exact) mass is 446 g/mol. The Morgan fingerprint density at radius 2 is 1.66 bits per heavy atom. The van der Waals surface area contributed by atoms with Crippen LogP contribution in [0.25, 0.3) is 0 Å². The van der Waals surface area contributed by atoms with Crippen molar-refractivity contribution in [2.24, 2.45) is 28.6 Å². The molecule has 0 aromatic heterocycles. The average Bonchev–Trinajstić information content (AvgIpc) is 2.89. The fourth-order valence-corrected chi connectivity index (χ4v) is 9.07. The summed E-state index contributed by atoms with van der Waals surface area (Å²) in [7, 11) is 0. The number of hydrogen-bond donors (Lipinski definition) is 0. The van der Waals surface area contributed by atoms with Gasteiger partial charge >= 0.3 is 5.97 Å². The molecular weight excluding hydrogens is 414 g/mol. The first kappa shape index (κ1) is 21.9. The van der Waals surface area contributed by atoms with Gasteiger partial charge in [-0.05, 0) is 69.1 Å². The largest absolute Gasteiger partial charge is 0.462 e. The summed E-state index contributed by atoms with van der Waals surface area (Å²) in [6.07, 6.45) is 5.02. The molecule has 4 aliphatic carbocycles. The highest BCUT2D eigenvalue weighted by atomic mass is 35.5. The van der Waals surface area contributed by atoms with E-state index in [4.69, 9.17) is 27.9 Å². The van der Waals surface area contributed by atoms with Gasteiger partial charge < -0.3 is 4.74 Å². The number of halogens is 3. The third-order valence-corrected chi connectivity index (χ3v) is 11.1. The Hall–Kier alpha value is -0.350. The number of ether oxygens (including phenoxy) is 1. The molecular formula is C23H33Cl2FO3. The third kappa shape index (κ3) is 2.80. The summed E-state index contributed by atoms with van der Waals surface area (Å²) < 4.78 is 22.3. The first-order valence-corrected chi connectivity index (χ1v) is 11.9. The van der Waals surface area contributed by atoms with Crippen LogP contribution < -0.4 is 0 Å². The van der Waals surface area contributed by atoms with Crippen LogP contribution in [0.5, 0.6) is 0 Å². The molecule has 4 rings (SSSR count). The molecule has 4 aliphatic rings. The Morgan fingerprint density at radius 1 is 1.00 bits per heavy atom. The minimum absolute atomic E-state index is 0.114. The molecule has 0 N–H and O–H groups in total. The van der Waals surface area contributed by atoms with Crippen molar-refractivity contribution >= 4 is 35.0 Å². The van der Waals surface area contributed by atoms with Crippen LogP contribution in [-0.2, 0) is 14.3 Å². The van der Waals surface area contributed by atoms with Gasteiger partial charge in [0.1, 0.15) is 17.6 Å². The molecule has 0 spiro atoms. The summed E-state index contributed by atoms with van der Waals surface area (Å²) in [6, 6.07) is 0. The normalized spacial score (nSPS) is 54.1. The maximum Gasteiger partial charge on any atom is 0.302 e. The summed E-state index contributed by atoms with van der Waals surface area (Å²) in [5.74, 6) is -0.413. The van der Waals surface area contributed by atoms with E-state index in [9.17, 15) is 9.59 Å². The van der Waals surface area contributed by atoms with E-state index in [0.717, 1.165) is 25.7 Å². The molecule has 4 saturated carbocycles. The number of alkyl halides is 3. The molecule has 0 bridgehead atoms. The van der Waals surface area contributed by atoms with Crippen molar-refractivity contribution in [1.29, 1.82) is 0 Å². The predicted molar refractivity (Wildman–Crippen MR) is 112 cm³/mol. The first-order valence-electron chi connectivity index (χ1n) is 11.1. The van der Waals surface area contributed by atoms with Gasteiger partial charge in [0.05, 0.1) is 10.3 Å². The lowest BCUT2D eigenvalue weighted by molar-refractivity contribution is -0.177. The van der Waals surface area contributed by atoms with Crippen molar-refractivity contribution in [3.63, 3.8) is 0 Å². The summed E-state index contributed by atoms with van der Waals surface area (Å²) in [4.78, 5) is 23.1. The lowest BCUT2D eigenvalue weighted by Crippen LogP contribution is -2.68. The van der Waals surface area contributed by atoms with E-state index < -0.39 is 16.0 Å². The van der Waals surface area contributed by atoms with Crippen molar-refractivity contribution in [3.05, 3.63) is 0 Å². The van der Waals surface area contributed by atoms with E-state index in [2.05, 4.69) is 6.92 Å². The molecule has 3 unspecified atom stereocenters. The maximum atomic E-state index is 16.8. The first-order chi connectivity index (χ1) is 13.4. The van der Waals surface area contributed by atoms with E-state index in [1.165, 1.54) is 6.92 Å². The molecule has 0 aliphatic heterocycles. The zero-order chi connectivity index (χ0) is 21.4. The molecule has 0 saturated heterocycles. The van der Waals surface area contributed by atoms with E-state index in [1.807, 2.05) is 6.92 Å². The SMILES string of the molecule is CC(=O)OC1CC[C@]2(C)[C@H]3CC[C@]4(C)[C@@H](C(C)=O)CC[C@@]4(F)[C@@H]3CC(Cl)C2(Cl)C1. The van der Waals surface area contributed by atoms with Crippen molar-refractivity contribution in [2.75, 3.05) is 0 Å². The van der Waals surface area contributed by atoms with Gasteiger partial charge in [-0.2, -0.15) is 0 Å². The van der Waals surface area contributed by atoms with Gasteiger partial charge in [0.2, 0.25) is 0 Å². The standard InChI is InChI=1S/C23H33Cl2FO3/c1-13(27)16-7-10-23(26)18-11-19(24)22(25)12-15(29-14(2)28)5-8-20(22,3)17(18)6-9-21(16,23)4/h15-19H,5-12H2,1-4H3/t15?,16-,17+,18-,19?,20-,21-,22?,23-/m1/s1. The van der Waals surface area contributed by atoms with Crippen LogP contribution >= 0.6 is 23.2 Å². The van der Waals surface area contributed by atoms with E-state index >= 15 is 4.39 Å². The van der Waals surface area contributed by atoms with Gasteiger partial charge in [-0.15, -0.1) is 23.2 Å². The highest BCUT2D eigenvalue weighted by Gasteiger charge is 2.73. The van der Waals surface area contributed by atoms with Crippen LogP contribution in [0.2, 0.25) is 0 Å². The molecule has 0 aromatic carbocycles. The van der Waals surface area contributed by atoms with Crippen LogP contribution in [0, 0.1) is 28.6 Å². The second-order valence-electron chi connectivity index (χ2n) is 10.7. The topological polar surface area (TPSA) is 43.4 Å². The second-order valence-corrected chi connectivity index (χ2v) is 11.9. The highest BCUT2D eigenvalue weighted by Crippen LogP contribution is 2.72. The number of fused-ring (bicyclic) bond motifs is 5. The molecule has 6 heteroatoms. The Bertz CT molecular complexity index is 731. The third-order valence-electron chi connectivity index (χ3n) is 9.62. The van der Waals surface area contributed by atoms with Crippen LogP contribution in [0.3, 0.4) is 0 Å². The van der Waals surface area contributed by atoms with Gasteiger partial charge in [0, 0.05) is 24.7 Å². The second kappa shape index (κ2) is 6.82. The maximum absolute atomic E-state index is 16.8. The summed E-state index contributed by atoms with van der Waals surface area (Å²) >= 11 is 14.2. The van der Waals surface area contributed by atoms with Crippen LogP contribution in [0.1, 0.15) is 79.1 Å². The smallest absolute Gasteiger partial charge is 0.302 e. The molecule has 0 amide bonds. The molecule has 0 aromatic rings. The molecule has 164 valence electrons. The molecule has 0 heterocycles.